The highest BCUT2D eigenvalue weighted by atomic mass is 35.5. The maximum atomic E-state index is 10.8. The molecule has 0 saturated carbocycles. The number of fused-ring (bicyclic) bond motifs is 1. The monoisotopic (exact) mass is 443 g/mol. The van der Waals surface area contributed by atoms with Gasteiger partial charge in [0.2, 0.25) is 0 Å². The Morgan fingerprint density at radius 3 is 2.55 bits per heavy atom. The van der Waals surface area contributed by atoms with Gasteiger partial charge in [-0.15, -0.1) is 0 Å². The van der Waals surface area contributed by atoms with E-state index in [0.29, 0.717) is 37.2 Å². The minimum absolute atomic E-state index is 0.304. The van der Waals surface area contributed by atoms with Gasteiger partial charge in [0.05, 0.1) is 24.4 Å². The Morgan fingerprint density at radius 1 is 1.03 bits per heavy atom. The summed E-state index contributed by atoms with van der Waals surface area (Å²) in [5.41, 5.74) is 3.41. The Kier molecular flexibility index (Phi) is 8.64. The number of hydrogen-bond donors (Lipinski definition) is 1. The van der Waals surface area contributed by atoms with Crippen molar-refractivity contribution in [2.45, 2.75) is 33.0 Å². The summed E-state index contributed by atoms with van der Waals surface area (Å²) in [4.78, 5) is 15.4. The van der Waals surface area contributed by atoms with Gasteiger partial charge < -0.3 is 19.3 Å². The van der Waals surface area contributed by atoms with Gasteiger partial charge in [0.25, 0.3) is 0 Å². The van der Waals surface area contributed by atoms with E-state index in [9.17, 15) is 4.79 Å². The summed E-state index contributed by atoms with van der Waals surface area (Å²) < 4.78 is 16.9. The molecule has 0 aliphatic carbocycles. The van der Waals surface area contributed by atoms with Crippen molar-refractivity contribution < 1.29 is 24.1 Å². The average molecular weight is 444 g/mol. The minimum Gasteiger partial charge on any atom is -0.481 e. The number of pyridine rings is 1. The number of unbranched alkanes of at least 4 members (excludes halogenated alkanes) is 1. The molecule has 0 fully saturated rings. The lowest BCUT2D eigenvalue weighted by Gasteiger charge is -2.14. The molecule has 0 bridgehead atoms. The van der Waals surface area contributed by atoms with E-state index >= 15 is 0 Å². The number of halogens is 1. The normalized spacial score (nSPS) is 11.0. The number of aromatic nitrogens is 1. The summed E-state index contributed by atoms with van der Waals surface area (Å²) in [6.45, 7) is 3.39. The van der Waals surface area contributed by atoms with Crippen LogP contribution in [0.2, 0.25) is 5.02 Å². The second kappa shape index (κ2) is 11.6. The van der Waals surface area contributed by atoms with Crippen LogP contribution in [0.4, 0.5) is 0 Å². The third-order valence-corrected chi connectivity index (χ3v) is 4.87. The fourth-order valence-electron chi connectivity index (χ4n) is 3.20. The van der Waals surface area contributed by atoms with Crippen molar-refractivity contribution in [3.05, 3.63) is 70.4 Å². The molecule has 0 saturated heterocycles. The van der Waals surface area contributed by atoms with Crippen molar-refractivity contribution in [2.24, 2.45) is 0 Å². The van der Waals surface area contributed by atoms with Crippen LogP contribution < -0.4 is 4.74 Å². The first-order valence-electron chi connectivity index (χ1n) is 10.2. The van der Waals surface area contributed by atoms with E-state index in [4.69, 9.17) is 30.9 Å². The second-order valence-corrected chi connectivity index (χ2v) is 7.64. The topological polar surface area (TPSA) is 77.9 Å². The van der Waals surface area contributed by atoms with Crippen molar-refractivity contribution >= 4 is 28.5 Å². The summed E-state index contributed by atoms with van der Waals surface area (Å²) in [5, 5.41) is 10.5. The van der Waals surface area contributed by atoms with E-state index in [1.54, 1.807) is 12.1 Å². The molecule has 164 valence electrons. The summed E-state index contributed by atoms with van der Waals surface area (Å²) in [7, 11) is 0. The molecule has 7 heteroatoms. The van der Waals surface area contributed by atoms with Gasteiger partial charge in [-0.05, 0) is 49.6 Å². The zero-order valence-electron chi connectivity index (χ0n) is 17.5. The molecule has 6 nitrogen and oxygen atoms in total. The lowest BCUT2D eigenvalue weighted by Crippen LogP contribution is -2.12. The van der Waals surface area contributed by atoms with E-state index < -0.39 is 12.6 Å². The van der Waals surface area contributed by atoms with Gasteiger partial charge in [-0.2, -0.15) is 0 Å². The Bertz CT molecular complexity index is 1020. The predicted molar refractivity (Wildman–Crippen MR) is 120 cm³/mol. The van der Waals surface area contributed by atoms with Crippen molar-refractivity contribution in [1.82, 2.24) is 4.98 Å². The lowest BCUT2D eigenvalue weighted by atomic mass is 10.1. The number of carboxylic acid groups (broad SMARTS) is 1. The predicted octanol–water partition coefficient (Wildman–Crippen LogP) is 5.17. The molecule has 0 radical (unpaired) electrons. The van der Waals surface area contributed by atoms with E-state index in [1.807, 2.05) is 37.3 Å². The van der Waals surface area contributed by atoms with Crippen LogP contribution in [0.3, 0.4) is 0 Å². The molecule has 3 aromatic rings. The highest BCUT2D eigenvalue weighted by molar-refractivity contribution is 6.30. The van der Waals surface area contributed by atoms with E-state index in [-0.39, 0.29) is 0 Å². The van der Waals surface area contributed by atoms with E-state index in [1.165, 1.54) is 0 Å². The minimum atomic E-state index is -1.03. The maximum Gasteiger partial charge on any atom is 0.341 e. The van der Waals surface area contributed by atoms with Crippen LogP contribution in [-0.4, -0.2) is 35.9 Å². The van der Waals surface area contributed by atoms with Crippen molar-refractivity contribution in [3.8, 4) is 5.75 Å². The first-order valence-corrected chi connectivity index (χ1v) is 10.5. The summed E-state index contributed by atoms with van der Waals surface area (Å²) in [6.07, 6.45) is 1.71. The van der Waals surface area contributed by atoms with Crippen LogP contribution in [-0.2, 0) is 27.5 Å². The average Bonchev–Trinajstić information content (AvgIpc) is 2.74. The third-order valence-electron chi connectivity index (χ3n) is 4.65. The zero-order chi connectivity index (χ0) is 22.1. The molecular weight excluding hydrogens is 418 g/mol. The highest BCUT2D eigenvalue weighted by Crippen LogP contribution is 2.28. The SMILES string of the molecule is Cc1cc(Cl)cc(COCCCCOCc2ccc3ccccc3n2)c1OCC(=O)O. The van der Waals surface area contributed by atoms with Gasteiger partial charge >= 0.3 is 5.97 Å². The molecule has 0 amide bonds. The quantitative estimate of drug-likeness (QED) is 0.389. The first kappa shape index (κ1) is 23.0. The van der Waals surface area contributed by atoms with Gasteiger partial charge in [-0.1, -0.05) is 35.9 Å². The number of ether oxygens (including phenoxy) is 3. The van der Waals surface area contributed by atoms with Crippen molar-refractivity contribution in [3.63, 3.8) is 0 Å². The Labute approximate surface area is 186 Å². The summed E-state index contributed by atoms with van der Waals surface area (Å²) >= 11 is 6.12. The second-order valence-electron chi connectivity index (χ2n) is 7.20. The van der Waals surface area contributed by atoms with Crippen LogP contribution in [0.5, 0.6) is 5.75 Å². The summed E-state index contributed by atoms with van der Waals surface area (Å²) in [5.74, 6) is -0.516. The third kappa shape index (κ3) is 7.21. The number of nitrogens with zero attached hydrogens (tertiary/aromatic N) is 1. The molecule has 0 unspecified atom stereocenters. The number of rotatable bonds is 12. The molecular formula is C24H26ClNO5. The van der Waals surface area contributed by atoms with Crippen LogP contribution in [0, 0.1) is 6.92 Å². The molecule has 0 atom stereocenters. The van der Waals surface area contributed by atoms with Crippen LogP contribution in [0.1, 0.15) is 29.7 Å². The molecule has 0 spiro atoms. The van der Waals surface area contributed by atoms with Crippen molar-refractivity contribution in [1.29, 1.82) is 0 Å². The number of benzene rings is 2. The van der Waals surface area contributed by atoms with Crippen LogP contribution >= 0.6 is 11.6 Å². The van der Waals surface area contributed by atoms with Crippen LogP contribution in [0.25, 0.3) is 10.9 Å². The fraction of sp³-hybridized carbons (Fsp3) is 0.333. The van der Waals surface area contributed by atoms with Gasteiger partial charge in [0, 0.05) is 29.2 Å². The van der Waals surface area contributed by atoms with Gasteiger partial charge in [-0.25, -0.2) is 4.79 Å². The first-order chi connectivity index (χ1) is 15.0. The van der Waals surface area contributed by atoms with Gasteiger partial charge in [0.1, 0.15) is 5.75 Å². The Morgan fingerprint density at radius 2 is 1.77 bits per heavy atom. The molecule has 0 aliphatic rings. The number of aryl methyl sites for hydroxylation is 1. The Balaban J connectivity index is 1.36. The molecule has 3 rings (SSSR count). The highest BCUT2D eigenvalue weighted by Gasteiger charge is 2.11. The maximum absolute atomic E-state index is 10.8. The lowest BCUT2D eigenvalue weighted by molar-refractivity contribution is -0.139. The van der Waals surface area contributed by atoms with Crippen LogP contribution in [0.15, 0.2) is 48.5 Å². The molecule has 2 aromatic carbocycles. The summed E-state index contributed by atoms with van der Waals surface area (Å²) in [6, 6.07) is 15.5. The molecule has 1 aromatic heterocycles. The number of hydrogen-bond acceptors (Lipinski definition) is 5. The molecule has 31 heavy (non-hydrogen) atoms. The standard InChI is InChI=1S/C24H26ClNO5/c1-17-12-20(25)13-19(24(17)31-16-23(27)28)14-29-10-4-5-11-30-15-21-9-8-18-6-2-3-7-22(18)26-21/h2-3,6-9,12-13H,4-5,10-11,14-16H2,1H3,(H,27,28). The van der Waals surface area contributed by atoms with Gasteiger partial charge in [0.15, 0.2) is 6.61 Å². The number of para-hydroxylation sites is 1. The largest absolute Gasteiger partial charge is 0.481 e. The number of carbonyl (C=O) groups is 1. The Hall–Kier alpha value is -2.67. The number of aliphatic carboxylic acids is 1. The fourth-order valence-corrected chi connectivity index (χ4v) is 3.50. The number of carboxylic acids is 1. The van der Waals surface area contributed by atoms with E-state index in [2.05, 4.69) is 11.1 Å². The molecule has 1 N–H and O–H groups in total. The van der Waals surface area contributed by atoms with Crippen molar-refractivity contribution in [2.75, 3.05) is 19.8 Å². The molecule has 1 heterocycles. The van der Waals surface area contributed by atoms with E-state index in [0.717, 1.165) is 40.6 Å². The van der Waals surface area contributed by atoms with Gasteiger partial charge in [-0.3, -0.25) is 4.98 Å². The smallest absolute Gasteiger partial charge is 0.341 e. The molecule has 0 aliphatic heterocycles. The zero-order valence-corrected chi connectivity index (χ0v) is 18.2.